The Morgan fingerprint density at radius 3 is 2.70 bits per heavy atom. The van der Waals surface area contributed by atoms with Crippen LogP contribution in [0.4, 0.5) is 0 Å². The predicted octanol–water partition coefficient (Wildman–Crippen LogP) is 3.19. The highest BCUT2D eigenvalue weighted by Crippen LogP contribution is 2.18. The van der Waals surface area contributed by atoms with Crippen molar-refractivity contribution in [3.05, 3.63) is 47.5 Å². The molecule has 0 amide bonds. The van der Waals surface area contributed by atoms with Crippen molar-refractivity contribution in [3.8, 4) is 5.75 Å². The molecule has 1 N–H and O–H groups in total. The molecule has 0 bridgehead atoms. The van der Waals surface area contributed by atoms with Gasteiger partial charge in [0.05, 0.1) is 0 Å². The highest BCUT2D eigenvalue weighted by Gasteiger charge is 2.15. The first-order chi connectivity index (χ1) is 9.70. The first kappa shape index (κ1) is 14.9. The standard InChI is InChI=1S/C15H20ClN3O/c1-3-8-17-14(15-18-9-10-19(15)2)11-20-13-6-4-12(16)5-7-13/h4-7,9-10,14,17H,3,8,11H2,1-2H3. The zero-order valence-electron chi connectivity index (χ0n) is 11.8. The summed E-state index contributed by atoms with van der Waals surface area (Å²) in [6.07, 6.45) is 4.82. The second-order valence-corrected chi connectivity index (χ2v) is 5.10. The Morgan fingerprint density at radius 2 is 2.10 bits per heavy atom. The zero-order chi connectivity index (χ0) is 14.4. The van der Waals surface area contributed by atoms with E-state index in [0.717, 1.165) is 24.5 Å². The molecule has 5 heteroatoms. The third kappa shape index (κ3) is 3.99. The number of ether oxygens (including phenoxy) is 1. The Bertz CT molecular complexity index is 524. The van der Waals surface area contributed by atoms with Gasteiger partial charge in [0.25, 0.3) is 0 Å². The first-order valence-electron chi connectivity index (χ1n) is 6.79. The molecule has 20 heavy (non-hydrogen) atoms. The molecule has 0 saturated carbocycles. The predicted molar refractivity (Wildman–Crippen MR) is 81.2 cm³/mol. The molecular weight excluding hydrogens is 274 g/mol. The average molecular weight is 294 g/mol. The summed E-state index contributed by atoms with van der Waals surface area (Å²) in [7, 11) is 1.99. The Kier molecular flexibility index (Phi) is 5.44. The third-order valence-electron chi connectivity index (χ3n) is 3.04. The molecule has 2 aromatic rings. The number of hydrogen-bond acceptors (Lipinski definition) is 3. The summed E-state index contributed by atoms with van der Waals surface area (Å²) < 4.78 is 7.84. The van der Waals surface area contributed by atoms with E-state index in [-0.39, 0.29) is 6.04 Å². The number of nitrogens with zero attached hydrogens (tertiary/aromatic N) is 2. The van der Waals surface area contributed by atoms with Crippen LogP contribution in [0, 0.1) is 0 Å². The lowest BCUT2D eigenvalue weighted by molar-refractivity contribution is 0.258. The van der Waals surface area contributed by atoms with E-state index in [2.05, 4.69) is 17.2 Å². The molecule has 2 rings (SSSR count). The zero-order valence-corrected chi connectivity index (χ0v) is 12.6. The SMILES string of the molecule is CCCNC(COc1ccc(Cl)cc1)c1nccn1C. The van der Waals surface area contributed by atoms with E-state index in [1.54, 1.807) is 6.20 Å². The Labute approximate surface area is 124 Å². The topological polar surface area (TPSA) is 39.1 Å². The number of benzene rings is 1. The maximum Gasteiger partial charge on any atom is 0.129 e. The average Bonchev–Trinajstić information content (AvgIpc) is 2.87. The van der Waals surface area contributed by atoms with E-state index in [0.29, 0.717) is 11.6 Å². The van der Waals surface area contributed by atoms with Gasteiger partial charge in [-0.2, -0.15) is 0 Å². The summed E-state index contributed by atoms with van der Waals surface area (Å²) in [6.45, 7) is 3.61. The van der Waals surface area contributed by atoms with Crippen molar-refractivity contribution in [2.24, 2.45) is 7.05 Å². The van der Waals surface area contributed by atoms with Gasteiger partial charge < -0.3 is 14.6 Å². The molecule has 0 aliphatic rings. The molecule has 0 saturated heterocycles. The number of aromatic nitrogens is 2. The van der Waals surface area contributed by atoms with E-state index in [1.807, 2.05) is 42.1 Å². The molecule has 0 aliphatic heterocycles. The fraction of sp³-hybridized carbons (Fsp3) is 0.400. The minimum absolute atomic E-state index is 0.0747. The van der Waals surface area contributed by atoms with Gasteiger partial charge >= 0.3 is 0 Å². The smallest absolute Gasteiger partial charge is 0.129 e. The lowest BCUT2D eigenvalue weighted by atomic mass is 10.2. The van der Waals surface area contributed by atoms with Crippen molar-refractivity contribution in [2.45, 2.75) is 19.4 Å². The van der Waals surface area contributed by atoms with Crippen molar-refractivity contribution in [1.29, 1.82) is 0 Å². The number of hydrogen-bond donors (Lipinski definition) is 1. The number of rotatable bonds is 7. The second-order valence-electron chi connectivity index (χ2n) is 4.67. The summed E-state index contributed by atoms with van der Waals surface area (Å²) >= 11 is 5.86. The number of halogens is 1. The molecular formula is C15H20ClN3O. The molecule has 0 aliphatic carbocycles. The van der Waals surface area contributed by atoms with Crippen molar-refractivity contribution >= 4 is 11.6 Å². The summed E-state index contributed by atoms with van der Waals surface area (Å²) in [6, 6.07) is 7.47. The summed E-state index contributed by atoms with van der Waals surface area (Å²) in [5.74, 6) is 1.79. The normalized spacial score (nSPS) is 12.3. The van der Waals surface area contributed by atoms with Gasteiger partial charge in [-0.25, -0.2) is 4.98 Å². The van der Waals surface area contributed by atoms with Crippen LogP contribution in [0.25, 0.3) is 0 Å². The van der Waals surface area contributed by atoms with Crippen LogP contribution < -0.4 is 10.1 Å². The third-order valence-corrected chi connectivity index (χ3v) is 3.29. The first-order valence-corrected chi connectivity index (χ1v) is 7.17. The molecule has 1 aromatic heterocycles. The summed E-state index contributed by atoms with van der Waals surface area (Å²) in [5, 5.41) is 4.17. The van der Waals surface area contributed by atoms with Crippen LogP contribution >= 0.6 is 11.6 Å². The summed E-state index contributed by atoms with van der Waals surface area (Å²) in [4.78, 5) is 4.39. The van der Waals surface area contributed by atoms with Crippen molar-refractivity contribution in [2.75, 3.05) is 13.2 Å². The molecule has 0 fully saturated rings. The minimum atomic E-state index is 0.0747. The molecule has 1 atom stereocenters. The van der Waals surface area contributed by atoms with E-state index in [4.69, 9.17) is 16.3 Å². The monoisotopic (exact) mass is 293 g/mol. The van der Waals surface area contributed by atoms with Crippen molar-refractivity contribution in [1.82, 2.24) is 14.9 Å². The largest absolute Gasteiger partial charge is 0.491 e. The molecule has 1 aromatic carbocycles. The van der Waals surface area contributed by atoms with Gasteiger partial charge in [-0.3, -0.25) is 0 Å². The molecule has 108 valence electrons. The highest BCUT2D eigenvalue weighted by molar-refractivity contribution is 6.30. The highest BCUT2D eigenvalue weighted by atomic mass is 35.5. The van der Waals surface area contributed by atoms with E-state index in [9.17, 15) is 0 Å². The van der Waals surface area contributed by atoms with Crippen LogP contribution in [-0.2, 0) is 7.05 Å². The Balaban J connectivity index is 2.01. The van der Waals surface area contributed by atoms with Gasteiger partial charge in [-0.05, 0) is 37.2 Å². The van der Waals surface area contributed by atoms with Gasteiger partial charge in [0.15, 0.2) is 0 Å². The molecule has 0 spiro atoms. The maximum absolute atomic E-state index is 5.86. The van der Waals surface area contributed by atoms with E-state index >= 15 is 0 Å². The summed E-state index contributed by atoms with van der Waals surface area (Å²) in [5.41, 5.74) is 0. The van der Waals surface area contributed by atoms with Crippen LogP contribution in [0.2, 0.25) is 5.02 Å². The number of nitrogens with one attached hydrogen (secondary N) is 1. The molecule has 1 unspecified atom stereocenters. The Morgan fingerprint density at radius 1 is 1.35 bits per heavy atom. The molecule has 0 radical (unpaired) electrons. The van der Waals surface area contributed by atoms with E-state index < -0.39 is 0 Å². The lowest BCUT2D eigenvalue weighted by Gasteiger charge is -2.19. The van der Waals surface area contributed by atoms with E-state index in [1.165, 1.54) is 0 Å². The van der Waals surface area contributed by atoms with Gasteiger partial charge in [0.1, 0.15) is 24.2 Å². The molecule has 1 heterocycles. The lowest BCUT2D eigenvalue weighted by Crippen LogP contribution is -2.29. The van der Waals surface area contributed by atoms with Crippen molar-refractivity contribution < 1.29 is 4.74 Å². The second kappa shape index (κ2) is 7.31. The van der Waals surface area contributed by atoms with Crippen LogP contribution in [0.3, 0.4) is 0 Å². The minimum Gasteiger partial charge on any atom is -0.491 e. The van der Waals surface area contributed by atoms with Crippen LogP contribution in [0.1, 0.15) is 25.2 Å². The molecule has 4 nitrogen and oxygen atoms in total. The fourth-order valence-electron chi connectivity index (χ4n) is 1.97. The van der Waals surface area contributed by atoms with Crippen molar-refractivity contribution in [3.63, 3.8) is 0 Å². The quantitative estimate of drug-likeness (QED) is 0.852. The maximum atomic E-state index is 5.86. The number of aryl methyl sites for hydroxylation is 1. The van der Waals surface area contributed by atoms with Crippen LogP contribution in [0.5, 0.6) is 5.75 Å². The van der Waals surface area contributed by atoms with Gasteiger partial charge in [-0.15, -0.1) is 0 Å². The van der Waals surface area contributed by atoms with Gasteiger partial charge in [0.2, 0.25) is 0 Å². The van der Waals surface area contributed by atoms with Gasteiger partial charge in [0, 0.05) is 24.5 Å². The number of imidazole rings is 1. The van der Waals surface area contributed by atoms with Gasteiger partial charge in [-0.1, -0.05) is 18.5 Å². The van der Waals surface area contributed by atoms with Crippen LogP contribution in [-0.4, -0.2) is 22.7 Å². The van der Waals surface area contributed by atoms with Crippen LogP contribution in [0.15, 0.2) is 36.7 Å². The fourth-order valence-corrected chi connectivity index (χ4v) is 2.09. The Hall–Kier alpha value is -1.52.